The van der Waals surface area contributed by atoms with E-state index in [1.54, 1.807) is 13.0 Å². The lowest BCUT2D eigenvalue weighted by Crippen LogP contribution is -2.39. The highest BCUT2D eigenvalue weighted by Crippen LogP contribution is 2.15. The van der Waals surface area contributed by atoms with E-state index in [0.717, 1.165) is 25.9 Å². The molecule has 1 saturated heterocycles. The quantitative estimate of drug-likeness (QED) is 0.855. The Balaban J connectivity index is 1.91. The molecule has 1 aliphatic heterocycles. The summed E-state index contributed by atoms with van der Waals surface area (Å²) in [6.07, 6.45) is 5.93. The third-order valence-corrected chi connectivity index (χ3v) is 4.38. The van der Waals surface area contributed by atoms with Gasteiger partial charge >= 0.3 is 0 Å². The van der Waals surface area contributed by atoms with Gasteiger partial charge in [0.05, 0.1) is 17.2 Å². The molecule has 1 amide bonds. The number of hydrogen-bond donors (Lipinski definition) is 0. The number of benzene rings is 1. The summed E-state index contributed by atoms with van der Waals surface area (Å²) in [7, 11) is 0. The fraction of sp³-hybridized carbons (Fsp3) is 0.471. The lowest BCUT2D eigenvalue weighted by molar-refractivity contribution is -0.134. The van der Waals surface area contributed by atoms with E-state index >= 15 is 0 Å². The predicted octanol–water partition coefficient (Wildman–Crippen LogP) is 2.36. The lowest BCUT2D eigenvalue weighted by atomic mass is 10.2. The minimum absolute atomic E-state index is 0.0149. The largest absolute Gasteiger partial charge is 0.341 e. The summed E-state index contributed by atoms with van der Waals surface area (Å²) in [5.74, 6) is 0.0149. The van der Waals surface area contributed by atoms with Crippen LogP contribution in [0.15, 0.2) is 35.4 Å². The summed E-state index contributed by atoms with van der Waals surface area (Å²) < 4.78 is 1.45. The second kappa shape index (κ2) is 6.30. The van der Waals surface area contributed by atoms with Gasteiger partial charge < -0.3 is 4.90 Å². The summed E-state index contributed by atoms with van der Waals surface area (Å²) >= 11 is 0. The molecular weight excluding hydrogens is 278 g/mol. The van der Waals surface area contributed by atoms with Crippen LogP contribution in [0.2, 0.25) is 0 Å². The number of likely N-dealkylation sites (tertiary alicyclic amines) is 1. The third-order valence-electron chi connectivity index (χ3n) is 4.38. The molecule has 0 spiro atoms. The monoisotopic (exact) mass is 299 g/mol. The molecule has 1 aliphatic rings. The van der Waals surface area contributed by atoms with Crippen LogP contribution in [-0.2, 0) is 4.79 Å². The van der Waals surface area contributed by atoms with E-state index in [4.69, 9.17) is 0 Å². The van der Waals surface area contributed by atoms with Crippen molar-refractivity contribution in [2.45, 2.75) is 38.6 Å². The minimum Gasteiger partial charge on any atom is -0.341 e. The summed E-state index contributed by atoms with van der Waals surface area (Å²) in [6, 6.07) is 6.72. The minimum atomic E-state index is -0.511. The van der Waals surface area contributed by atoms with Gasteiger partial charge in [0.15, 0.2) is 0 Å². The molecule has 0 saturated carbocycles. The Labute approximate surface area is 129 Å². The van der Waals surface area contributed by atoms with Gasteiger partial charge in [-0.15, -0.1) is 0 Å². The standard InChI is InChI=1S/C17H21N3O2/c1-13(16(21)19-10-6-2-3-7-11-19)20-12-18-15-9-5-4-8-14(15)17(20)22/h4-5,8-9,12-13H,2-3,6-7,10-11H2,1H3/t13-/m0/s1. The Hall–Kier alpha value is -2.17. The normalized spacial score (nSPS) is 17.2. The molecule has 5 nitrogen and oxygen atoms in total. The number of nitrogens with zero attached hydrogens (tertiary/aromatic N) is 3. The molecule has 22 heavy (non-hydrogen) atoms. The maximum Gasteiger partial charge on any atom is 0.261 e. The molecule has 0 bridgehead atoms. The highest BCUT2D eigenvalue weighted by atomic mass is 16.2. The molecule has 0 unspecified atom stereocenters. The van der Waals surface area contributed by atoms with Crippen LogP contribution in [0.4, 0.5) is 0 Å². The topological polar surface area (TPSA) is 55.2 Å². The average molecular weight is 299 g/mol. The molecule has 1 aromatic carbocycles. The van der Waals surface area contributed by atoms with Crippen molar-refractivity contribution in [3.8, 4) is 0 Å². The maximum absolute atomic E-state index is 12.7. The van der Waals surface area contributed by atoms with Crippen LogP contribution in [0.25, 0.3) is 10.9 Å². The first-order chi connectivity index (χ1) is 10.7. The number of carbonyl (C=O) groups excluding carboxylic acids is 1. The third kappa shape index (κ3) is 2.75. The van der Waals surface area contributed by atoms with Crippen molar-refractivity contribution in [2.24, 2.45) is 0 Å². The predicted molar refractivity (Wildman–Crippen MR) is 85.8 cm³/mol. The van der Waals surface area contributed by atoms with Gasteiger partial charge in [0.1, 0.15) is 6.04 Å². The van der Waals surface area contributed by atoms with E-state index in [-0.39, 0.29) is 11.5 Å². The first-order valence-corrected chi connectivity index (χ1v) is 7.93. The fourth-order valence-electron chi connectivity index (χ4n) is 3.03. The van der Waals surface area contributed by atoms with E-state index in [2.05, 4.69) is 4.98 Å². The van der Waals surface area contributed by atoms with Crippen LogP contribution in [0.3, 0.4) is 0 Å². The number of rotatable bonds is 2. The summed E-state index contributed by atoms with van der Waals surface area (Å²) in [6.45, 7) is 3.36. The molecule has 0 aliphatic carbocycles. The summed E-state index contributed by atoms with van der Waals surface area (Å²) in [4.78, 5) is 31.4. The molecule has 1 aromatic heterocycles. The zero-order valence-corrected chi connectivity index (χ0v) is 12.9. The molecule has 0 N–H and O–H groups in total. The zero-order valence-electron chi connectivity index (χ0n) is 12.9. The van der Waals surface area contributed by atoms with E-state index in [1.165, 1.54) is 23.7 Å². The van der Waals surface area contributed by atoms with Crippen LogP contribution in [0, 0.1) is 0 Å². The van der Waals surface area contributed by atoms with Gasteiger partial charge in [0, 0.05) is 13.1 Å². The molecule has 1 fully saturated rings. The van der Waals surface area contributed by atoms with Crippen molar-refractivity contribution in [1.82, 2.24) is 14.5 Å². The van der Waals surface area contributed by atoms with E-state index in [0.29, 0.717) is 10.9 Å². The van der Waals surface area contributed by atoms with Crippen molar-refractivity contribution in [2.75, 3.05) is 13.1 Å². The number of aromatic nitrogens is 2. The molecular formula is C17H21N3O2. The summed E-state index contributed by atoms with van der Waals surface area (Å²) in [5.41, 5.74) is 0.513. The Morgan fingerprint density at radius 2 is 1.82 bits per heavy atom. The molecule has 2 aromatic rings. The van der Waals surface area contributed by atoms with Gasteiger partial charge in [-0.3, -0.25) is 14.2 Å². The van der Waals surface area contributed by atoms with Gasteiger partial charge in [0.2, 0.25) is 5.91 Å². The molecule has 116 valence electrons. The second-order valence-corrected chi connectivity index (χ2v) is 5.89. The number of para-hydroxylation sites is 1. The maximum atomic E-state index is 12.7. The first-order valence-electron chi connectivity index (χ1n) is 7.93. The molecule has 2 heterocycles. The molecule has 5 heteroatoms. The van der Waals surface area contributed by atoms with Crippen LogP contribution >= 0.6 is 0 Å². The van der Waals surface area contributed by atoms with Crippen molar-refractivity contribution in [3.63, 3.8) is 0 Å². The van der Waals surface area contributed by atoms with E-state index in [9.17, 15) is 9.59 Å². The van der Waals surface area contributed by atoms with E-state index in [1.807, 2.05) is 23.1 Å². The van der Waals surface area contributed by atoms with Crippen molar-refractivity contribution in [1.29, 1.82) is 0 Å². The van der Waals surface area contributed by atoms with Crippen molar-refractivity contribution < 1.29 is 4.79 Å². The number of carbonyl (C=O) groups is 1. The van der Waals surface area contributed by atoms with Crippen LogP contribution in [0.1, 0.15) is 38.6 Å². The lowest BCUT2D eigenvalue weighted by Gasteiger charge is -2.25. The van der Waals surface area contributed by atoms with Gasteiger partial charge in [-0.05, 0) is 31.9 Å². The second-order valence-electron chi connectivity index (χ2n) is 5.89. The zero-order chi connectivity index (χ0) is 15.5. The Kier molecular flexibility index (Phi) is 4.22. The summed E-state index contributed by atoms with van der Waals surface area (Å²) in [5, 5.41) is 0.556. The van der Waals surface area contributed by atoms with Crippen molar-refractivity contribution in [3.05, 3.63) is 40.9 Å². The number of amides is 1. The van der Waals surface area contributed by atoms with Gasteiger partial charge in [0.25, 0.3) is 5.56 Å². The molecule has 0 radical (unpaired) electrons. The Morgan fingerprint density at radius 1 is 1.14 bits per heavy atom. The van der Waals surface area contributed by atoms with Gasteiger partial charge in [-0.25, -0.2) is 4.98 Å². The van der Waals surface area contributed by atoms with Gasteiger partial charge in [-0.2, -0.15) is 0 Å². The highest BCUT2D eigenvalue weighted by molar-refractivity contribution is 5.81. The molecule has 3 rings (SSSR count). The van der Waals surface area contributed by atoms with Gasteiger partial charge in [-0.1, -0.05) is 25.0 Å². The smallest absolute Gasteiger partial charge is 0.261 e. The fourth-order valence-corrected chi connectivity index (χ4v) is 3.03. The highest BCUT2D eigenvalue weighted by Gasteiger charge is 2.23. The van der Waals surface area contributed by atoms with Crippen LogP contribution in [0.5, 0.6) is 0 Å². The van der Waals surface area contributed by atoms with Crippen LogP contribution < -0.4 is 5.56 Å². The van der Waals surface area contributed by atoms with E-state index < -0.39 is 6.04 Å². The Morgan fingerprint density at radius 3 is 2.55 bits per heavy atom. The molecule has 1 atom stereocenters. The average Bonchev–Trinajstić information content (AvgIpc) is 2.83. The van der Waals surface area contributed by atoms with Crippen molar-refractivity contribution >= 4 is 16.8 Å². The Bertz CT molecular complexity index is 730. The first kappa shape index (κ1) is 14.8. The number of fused-ring (bicyclic) bond motifs is 1. The van der Waals surface area contributed by atoms with Crippen LogP contribution in [-0.4, -0.2) is 33.4 Å². The number of hydrogen-bond acceptors (Lipinski definition) is 3. The SMILES string of the molecule is C[C@@H](C(=O)N1CCCCCC1)n1cnc2ccccc2c1=O.